The number of carbonyl (C=O) groups is 3. The highest BCUT2D eigenvalue weighted by Crippen LogP contribution is 2.07. The number of thiophene rings is 1. The summed E-state index contributed by atoms with van der Waals surface area (Å²) in [6.45, 7) is 0. The van der Waals surface area contributed by atoms with Crippen LogP contribution in [0.3, 0.4) is 0 Å². The third-order valence-corrected chi connectivity index (χ3v) is 2.96. The third-order valence-electron chi connectivity index (χ3n) is 2.22. The number of carbonyl (C=O) groups excluding carboxylic acids is 1. The van der Waals surface area contributed by atoms with E-state index in [-0.39, 0.29) is 19.3 Å². The van der Waals surface area contributed by atoms with E-state index >= 15 is 0 Å². The molecule has 18 heavy (non-hydrogen) atoms. The Morgan fingerprint density at radius 2 is 2.06 bits per heavy atom. The lowest BCUT2D eigenvalue weighted by molar-refractivity contribution is -0.143. The van der Waals surface area contributed by atoms with E-state index in [4.69, 9.17) is 10.2 Å². The molecule has 7 heteroatoms. The smallest absolute Gasteiger partial charge is 0.326 e. The average Bonchev–Trinajstić information content (AvgIpc) is 2.76. The summed E-state index contributed by atoms with van der Waals surface area (Å²) in [5.74, 6) is -2.74. The Bertz CT molecular complexity index is 429. The quantitative estimate of drug-likeness (QED) is 0.678. The van der Waals surface area contributed by atoms with Crippen LogP contribution in [0.15, 0.2) is 16.8 Å². The highest BCUT2D eigenvalue weighted by molar-refractivity contribution is 7.07. The molecule has 1 unspecified atom stereocenters. The fourth-order valence-electron chi connectivity index (χ4n) is 1.35. The van der Waals surface area contributed by atoms with Crippen molar-refractivity contribution in [2.24, 2.45) is 0 Å². The van der Waals surface area contributed by atoms with Crippen molar-refractivity contribution in [2.75, 3.05) is 0 Å². The summed E-state index contributed by atoms with van der Waals surface area (Å²) in [5, 5.41) is 23.3. The van der Waals surface area contributed by atoms with Crippen LogP contribution in [0.1, 0.15) is 18.4 Å². The zero-order valence-corrected chi connectivity index (χ0v) is 10.3. The number of nitrogens with one attached hydrogen (secondary N) is 1. The lowest BCUT2D eigenvalue weighted by Crippen LogP contribution is -2.41. The molecule has 3 N–H and O–H groups in total. The van der Waals surface area contributed by atoms with E-state index in [1.807, 2.05) is 5.38 Å². The summed E-state index contributed by atoms with van der Waals surface area (Å²) < 4.78 is 0. The zero-order chi connectivity index (χ0) is 13.5. The second-order valence-corrected chi connectivity index (χ2v) is 4.48. The van der Waals surface area contributed by atoms with E-state index in [1.54, 1.807) is 11.4 Å². The van der Waals surface area contributed by atoms with E-state index in [0.29, 0.717) is 0 Å². The molecule has 1 amide bonds. The van der Waals surface area contributed by atoms with Crippen molar-refractivity contribution < 1.29 is 24.6 Å². The maximum atomic E-state index is 11.6. The Kier molecular flexibility index (Phi) is 5.31. The van der Waals surface area contributed by atoms with E-state index in [9.17, 15) is 14.4 Å². The van der Waals surface area contributed by atoms with Crippen molar-refractivity contribution in [2.45, 2.75) is 25.3 Å². The summed E-state index contributed by atoms with van der Waals surface area (Å²) in [5.41, 5.74) is 0.805. The molecule has 0 aliphatic carbocycles. The lowest BCUT2D eigenvalue weighted by Gasteiger charge is -2.13. The molecule has 0 radical (unpaired) electrons. The minimum Gasteiger partial charge on any atom is -0.481 e. The van der Waals surface area contributed by atoms with Crippen molar-refractivity contribution >= 4 is 29.2 Å². The van der Waals surface area contributed by atoms with Gasteiger partial charge in [-0.15, -0.1) is 0 Å². The molecule has 1 heterocycles. The molecule has 0 fully saturated rings. The van der Waals surface area contributed by atoms with Crippen molar-refractivity contribution in [1.82, 2.24) is 5.32 Å². The van der Waals surface area contributed by atoms with Crippen molar-refractivity contribution in [1.29, 1.82) is 0 Å². The fourth-order valence-corrected chi connectivity index (χ4v) is 2.02. The molecule has 0 bridgehead atoms. The number of amides is 1. The molecule has 6 nitrogen and oxygen atoms in total. The molecule has 0 aliphatic rings. The van der Waals surface area contributed by atoms with E-state index < -0.39 is 23.9 Å². The Morgan fingerprint density at radius 3 is 2.56 bits per heavy atom. The topological polar surface area (TPSA) is 104 Å². The fraction of sp³-hybridized carbons (Fsp3) is 0.364. The van der Waals surface area contributed by atoms with Gasteiger partial charge in [0.1, 0.15) is 6.04 Å². The molecule has 1 aromatic heterocycles. The third kappa shape index (κ3) is 4.96. The van der Waals surface area contributed by atoms with Gasteiger partial charge in [-0.2, -0.15) is 11.3 Å². The van der Waals surface area contributed by atoms with Gasteiger partial charge in [-0.25, -0.2) is 4.79 Å². The first-order chi connectivity index (χ1) is 8.49. The molecule has 1 aromatic rings. The van der Waals surface area contributed by atoms with Gasteiger partial charge in [-0.05, 0) is 28.8 Å². The van der Waals surface area contributed by atoms with Crippen LogP contribution in [0.25, 0.3) is 0 Å². The number of hydrogen-bond donors (Lipinski definition) is 3. The van der Waals surface area contributed by atoms with Gasteiger partial charge in [0.25, 0.3) is 0 Å². The molecule has 0 saturated heterocycles. The number of rotatable bonds is 7. The molecule has 0 aromatic carbocycles. The van der Waals surface area contributed by atoms with Gasteiger partial charge in [0.2, 0.25) is 5.91 Å². The summed E-state index contributed by atoms with van der Waals surface area (Å²) in [6, 6.07) is 0.615. The second kappa shape index (κ2) is 6.75. The second-order valence-electron chi connectivity index (χ2n) is 3.70. The first-order valence-electron chi connectivity index (χ1n) is 5.24. The van der Waals surface area contributed by atoms with Crippen LogP contribution in [-0.2, 0) is 20.8 Å². The Labute approximate surface area is 107 Å². The highest BCUT2D eigenvalue weighted by atomic mass is 32.1. The van der Waals surface area contributed by atoms with Gasteiger partial charge < -0.3 is 15.5 Å². The van der Waals surface area contributed by atoms with Crippen molar-refractivity contribution in [3.8, 4) is 0 Å². The van der Waals surface area contributed by atoms with Crippen LogP contribution in [0.4, 0.5) is 0 Å². The van der Waals surface area contributed by atoms with Crippen LogP contribution in [0, 0.1) is 0 Å². The van der Waals surface area contributed by atoms with Gasteiger partial charge in [-0.1, -0.05) is 0 Å². The number of carboxylic acid groups (broad SMARTS) is 2. The zero-order valence-electron chi connectivity index (χ0n) is 9.46. The Morgan fingerprint density at radius 1 is 1.33 bits per heavy atom. The van der Waals surface area contributed by atoms with Crippen LogP contribution in [0.5, 0.6) is 0 Å². The SMILES string of the molecule is O=C(O)CCC(NC(=O)Cc1ccsc1)C(=O)O. The van der Waals surface area contributed by atoms with Gasteiger partial charge in [0, 0.05) is 6.42 Å². The van der Waals surface area contributed by atoms with Gasteiger partial charge in [0.15, 0.2) is 0 Å². The first-order valence-corrected chi connectivity index (χ1v) is 6.18. The van der Waals surface area contributed by atoms with Gasteiger partial charge in [-0.3, -0.25) is 9.59 Å². The molecule has 1 atom stereocenters. The van der Waals surface area contributed by atoms with Crippen LogP contribution >= 0.6 is 11.3 Å². The number of carboxylic acids is 2. The summed E-state index contributed by atoms with van der Waals surface area (Å²) >= 11 is 1.45. The maximum Gasteiger partial charge on any atom is 0.326 e. The van der Waals surface area contributed by atoms with E-state index in [2.05, 4.69) is 5.32 Å². The monoisotopic (exact) mass is 271 g/mol. The average molecular weight is 271 g/mol. The van der Waals surface area contributed by atoms with Crippen molar-refractivity contribution in [3.63, 3.8) is 0 Å². The van der Waals surface area contributed by atoms with Gasteiger partial charge >= 0.3 is 11.9 Å². The standard InChI is InChI=1S/C11H13NO5S/c13-9(5-7-3-4-18-6-7)12-8(11(16)17)1-2-10(14)15/h3-4,6,8H,1-2,5H2,(H,12,13)(H,14,15)(H,16,17). The molecule has 0 aliphatic heterocycles. The Hall–Kier alpha value is -1.89. The number of hydrogen-bond acceptors (Lipinski definition) is 4. The Balaban J connectivity index is 2.47. The summed E-state index contributed by atoms with van der Waals surface area (Å²) in [6.07, 6.45) is -0.323. The van der Waals surface area contributed by atoms with Crippen LogP contribution in [-0.4, -0.2) is 34.1 Å². The number of aliphatic carboxylic acids is 2. The molecule has 0 spiro atoms. The molecule has 98 valence electrons. The minimum absolute atomic E-state index is 0.0976. The normalized spacial score (nSPS) is 11.8. The molecule has 1 rings (SSSR count). The van der Waals surface area contributed by atoms with Crippen molar-refractivity contribution in [3.05, 3.63) is 22.4 Å². The largest absolute Gasteiger partial charge is 0.481 e. The summed E-state index contributed by atoms with van der Waals surface area (Å²) in [4.78, 5) is 32.8. The highest BCUT2D eigenvalue weighted by Gasteiger charge is 2.20. The molecular weight excluding hydrogens is 258 g/mol. The van der Waals surface area contributed by atoms with Crippen LogP contribution < -0.4 is 5.32 Å². The first kappa shape index (κ1) is 14.2. The lowest BCUT2D eigenvalue weighted by atomic mass is 10.1. The van der Waals surface area contributed by atoms with Crippen LogP contribution in [0.2, 0.25) is 0 Å². The molecular formula is C11H13NO5S. The van der Waals surface area contributed by atoms with E-state index in [1.165, 1.54) is 11.3 Å². The predicted molar refractivity (Wildman–Crippen MR) is 64.5 cm³/mol. The maximum absolute atomic E-state index is 11.6. The minimum atomic E-state index is -1.23. The molecule has 0 saturated carbocycles. The van der Waals surface area contributed by atoms with Gasteiger partial charge in [0.05, 0.1) is 6.42 Å². The summed E-state index contributed by atoms with van der Waals surface area (Å²) in [7, 11) is 0. The van der Waals surface area contributed by atoms with E-state index in [0.717, 1.165) is 5.56 Å². The predicted octanol–water partition coefficient (Wildman–Crippen LogP) is 0.725.